The first-order valence-corrected chi connectivity index (χ1v) is 6.78. The zero-order valence-corrected chi connectivity index (χ0v) is 11.6. The SMILES string of the molecule is CCOC(=O)C[C@H](C)SCc1nc(C)c(C)o1. The van der Waals surface area contributed by atoms with E-state index in [0.717, 1.165) is 17.3 Å². The molecule has 17 heavy (non-hydrogen) atoms. The van der Waals surface area contributed by atoms with Crippen LogP contribution in [0.3, 0.4) is 0 Å². The quantitative estimate of drug-likeness (QED) is 0.733. The van der Waals surface area contributed by atoms with Gasteiger partial charge in [-0.2, -0.15) is 0 Å². The van der Waals surface area contributed by atoms with E-state index in [9.17, 15) is 4.79 Å². The molecule has 4 nitrogen and oxygen atoms in total. The van der Waals surface area contributed by atoms with Crippen molar-refractivity contribution < 1.29 is 13.9 Å². The van der Waals surface area contributed by atoms with Crippen molar-refractivity contribution in [3.63, 3.8) is 0 Å². The van der Waals surface area contributed by atoms with Crippen LogP contribution < -0.4 is 0 Å². The minimum absolute atomic E-state index is 0.146. The molecule has 1 aromatic heterocycles. The molecular formula is C12H19NO3S. The molecular weight excluding hydrogens is 238 g/mol. The number of hydrogen-bond acceptors (Lipinski definition) is 5. The molecule has 96 valence electrons. The minimum Gasteiger partial charge on any atom is -0.466 e. The fraction of sp³-hybridized carbons (Fsp3) is 0.667. The maximum atomic E-state index is 11.2. The van der Waals surface area contributed by atoms with Crippen LogP contribution in [0.2, 0.25) is 0 Å². The van der Waals surface area contributed by atoms with Crippen molar-refractivity contribution in [1.82, 2.24) is 4.98 Å². The fourth-order valence-electron chi connectivity index (χ4n) is 1.33. The molecule has 0 aliphatic rings. The van der Waals surface area contributed by atoms with E-state index in [1.54, 1.807) is 11.8 Å². The van der Waals surface area contributed by atoms with Gasteiger partial charge in [-0.15, -0.1) is 11.8 Å². The largest absolute Gasteiger partial charge is 0.466 e. The molecule has 0 spiro atoms. The van der Waals surface area contributed by atoms with Crippen molar-refractivity contribution in [1.29, 1.82) is 0 Å². The summed E-state index contributed by atoms with van der Waals surface area (Å²) in [5.41, 5.74) is 0.929. The summed E-state index contributed by atoms with van der Waals surface area (Å²) >= 11 is 1.65. The molecule has 0 aliphatic carbocycles. The number of aryl methyl sites for hydroxylation is 2. The lowest BCUT2D eigenvalue weighted by atomic mass is 10.3. The molecule has 0 saturated heterocycles. The third kappa shape index (κ3) is 4.81. The maximum Gasteiger partial charge on any atom is 0.306 e. The summed E-state index contributed by atoms with van der Waals surface area (Å²) in [5, 5.41) is 0.210. The highest BCUT2D eigenvalue weighted by Crippen LogP contribution is 2.21. The number of carbonyl (C=O) groups is 1. The number of ether oxygens (including phenoxy) is 1. The number of aromatic nitrogens is 1. The highest BCUT2D eigenvalue weighted by atomic mass is 32.2. The van der Waals surface area contributed by atoms with Crippen molar-refractivity contribution in [3.05, 3.63) is 17.3 Å². The van der Waals surface area contributed by atoms with Gasteiger partial charge in [0, 0.05) is 5.25 Å². The Morgan fingerprint density at radius 3 is 2.76 bits per heavy atom. The summed E-state index contributed by atoms with van der Waals surface area (Å²) < 4.78 is 10.4. The molecule has 0 amide bonds. The van der Waals surface area contributed by atoms with Crippen LogP contribution in [-0.4, -0.2) is 22.8 Å². The molecule has 1 aromatic rings. The van der Waals surface area contributed by atoms with Crippen LogP contribution in [0.1, 0.15) is 37.6 Å². The second-order valence-electron chi connectivity index (χ2n) is 3.88. The highest BCUT2D eigenvalue weighted by molar-refractivity contribution is 7.99. The zero-order valence-electron chi connectivity index (χ0n) is 10.8. The molecule has 1 atom stereocenters. The molecule has 0 aromatic carbocycles. The van der Waals surface area contributed by atoms with Crippen LogP contribution in [0.4, 0.5) is 0 Å². The van der Waals surface area contributed by atoms with E-state index in [1.807, 2.05) is 27.7 Å². The summed E-state index contributed by atoms with van der Waals surface area (Å²) in [6.07, 6.45) is 0.428. The van der Waals surface area contributed by atoms with Crippen molar-refractivity contribution in [2.45, 2.75) is 45.1 Å². The van der Waals surface area contributed by atoms with Crippen molar-refractivity contribution in [2.24, 2.45) is 0 Å². The van der Waals surface area contributed by atoms with Gasteiger partial charge in [0.2, 0.25) is 5.89 Å². The Morgan fingerprint density at radius 1 is 1.53 bits per heavy atom. The number of carbonyl (C=O) groups excluding carboxylic acids is 1. The molecule has 1 rings (SSSR count). The molecule has 0 bridgehead atoms. The van der Waals surface area contributed by atoms with E-state index in [4.69, 9.17) is 9.15 Å². The van der Waals surface area contributed by atoms with E-state index >= 15 is 0 Å². The second-order valence-corrected chi connectivity index (χ2v) is 5.31. The smallest absolute Gasteiger partial charge is 0.306 e. The summed E-state index contributed by atoms with van der Waals surface area (Å²) in [6, 6.07) is 0. The van der Waals surface area contributed by atoms with Crippen LogP contribution >= 0.6 is 11.8 Å². The van der Waals surface area contributed by atoms with E-state index in [1.165, 1.54) is 0 Å². The summed E-state index contributed by atoms with van der Waals surface area (Å²) in [5.74, 6) is 2.13. The van der Waals surface area contributed by atoms with Gasteiger partial charge < -0.3 is 9.15 Å². The minimum atomic E-state index is -0.146. The Bertz CT molecular complexity index is 356. The first-order valence-electron chi connectivity index (χ1n) is 5.73. The monoisotopic (exact) mass is 257 g/mol. The third-order valence-electron chi connectivity index (χ3n) is 2.32. The number of nitrogens with zero attached hydrogens (tertiary/aromatic N) is 1. The molecule has 1 heterocycles. The van der Waals surface area contributed by atoms with Gasteiger partial charge in [0.05, 0.1) is 24.5 Å². The van der Waals surface area contributed by atoms with Crippen LogP contribution in [0.15, 0.2) is 4.42 Å². The Kier molecular flexibility index (Phi) is 5.55. The standard InChI is InChI=1S/C12H19NO3S/c1-5-15-12(14)6-8(2)17-7-11-13-9(3)10(4)16-11/h8H,5-7H2,1-4H3/t8-/m0/s1. The maximum absolute atomic E-state index is 11.2. The Balaban J connectivity index is 2.32. The van der Waals surface area contributed by atoms with E-state index in [2.05, 4.69) is 4.98 Å². The van der Waals surface area contributed by atoms with Gasteiger partial charge in [0.15, 0.2) is 0 Å². The molecule has 0 fully saturated rings. The lowest BCUT2D eigenvalue weighted by Gasteiger charge is -2.08. The summed E-state index contributed by atoms with van der Waals surface area (Å²) in [7, 11) is 0. The number of thioether (sulfide) groups is 1. The normalized spacial score (nSPS) is 12.5. The number of hydrogen-bond donors (Lipinski definition) is 0. The van der Waals surface area contributed by atoms with Gasteiger partial charge in [-0.1, -0.05) is 6.92 Å². The average Bonchev–Trinajstić information content (AvgIpc) is 2.56. The molecule has 0 N–H and O–H groups in total. The topological polar surface area (TPSA) is 52.3 Å². The third-order valence-corrected chi connectivity index (χ3v) is 3.47. The van der Waals surface area contributed by atoms with Gasteiger partial charge in [-0.05, 0) is 20.8 Å². The van der Waals surface area contributed by atoms with Crippen molar-refractivity contribution >= 4 is 17.7 Å². The molecule has 0 aliphatic heterocycles. The zero-order chi connectivity index (χ0) is 12.8. The predicted octanol–water partition coefficient (Wildman–Crippen LogP) is 2.87. The van der Waals surface area contributed by atoms with Gasteiger partial charge in [-0.3, -0.25) is 4.79 Å². The lowest BCUT2D eigenvalue weighted by Crippen LogP contribution is -2.10. The lowest BCUT2D eigenvalue weighted by molar-refractivity contribution is -0.142. The van der Waals surface area contributed by atoms with E-state index in [0.29, 0.717) is 18.8 Å². The molecule has 5 heteroatoms. The number of rotatable bonds is 6. The van der Waals surface area contributed by atoms with Gasteiger partial charge in [0.25, 0.3) is 0 Å². The Hall–Kier alpha value is -0.970. The van der Waals surface area contributed by atoms with Crippen LogP contribution in [0, 0.1) is 13.8 Å². The van der Waals surface area contributed by atoms with Crippen LogP contribution in [0.25, 0.3) is 0 Å². The van der Waals surface area contributed by atoms with Crippen LogP contribution in [-0.2, 0) is 15.3 Å². The second kappa shape index (κ2) is 6.69. The van der Waals surface area contributed by atoms with Crippen molar-refractivity contribution in [2.75, 3.05) is 6.61 Å². The van der Waals surface area contributed by atoms with E-state index < -0.39 is 0 Å². The highest BCUT2D eigenvalue weighted by Gasteiger charge is 2.12. The first kappa shape index (κ1) is 14.1. The Morgan fingerprint density at radius 2 is 2.24 bits per heavy atom. The number of esters is 1. The molecule has 0 unspecified atom stereocenters. The van der Waals surface area contributed by atoms with Gasteiger partial charge >= 0.3 is 5.97 Å². The summed E-state index contributed by atoms with van der Waals surface area (Å²) in [4.78, 5) is 15.5. The van der Waals surface area contributed by atoms with Gasteiger partial charge in [-0.25, -0.2) is 4.98 Å². The van der Waals surface area contributed by atoms with E-state index in [-0.39, 0.29) is 11.2 Å². The number of oxazole rings is 1. The summed E-state index contributed by atoms with van der Waals surface area (Å²) in [6.45, 7) is 8.08. The van der Waals surface area contributed by atoms with Crippen molar-refractivity contribution in [3.8, 4) is 0 Å². The first-order chi connectivity index (χ1) is 8.02. The van der Waals surface area contributed by atoms with Gasteiger partial charge in [0.1, 0.15) is 5.76 Å². The fourth-order valence-corrected chi connectivity index (χ4v) is 2.13. The van der Waals surface area contributed by atoms with Crippen LogP contribution in [0.5, 0.6) is 0 Å². The predicted molar refractivity (Wildman–Crippen MR) is 68.0 cm³/mol. The Labute approximate surface area is 106 Å². The molecule has 0 radical (unpaired) electrons. The molecule has 0 saturated carbocycles. The average molecular weight is 257 g/mol.